The van der Waals surface area contributed by atoms with E-state index in [9.17, 15) is 14.4 Å². The first kappa shape index (κ1) is 17.5. The standard InChI is InChI=1S/C20H20N2O5/c1-3-26-16-8-12(4-7-15(16)27-11(2)23)10-21-22-19(24)17-13-5-6-14(9-13)18(17)20(22)25/h4-8,10,13-14,17-18H,3,9H2,1-2H3. The van der Waals surface area contributed by atoms with Gasteiger partial charge in [-0.25, -0.2) is 0 Å². The van der Waals surface area contributed by atoms with Gasteiger partial charge in [0.25, 0.3) is 11.8 Å². The lowest BCUT2D eigenvalue weighted by Crippen LogP contribution is -2.28. The number of rotatable bonds is 5. The first-order valence-corrected chi connectivity index (χ1v) is 9.05. The fourth-order valence-corrected chi connectivity index (χ4v) is 4.24. The summed E-state index contributed by atoms with van der Waals surface area (Å²) in [4.78, 5) is 36.4. The Labute approximate surface area is 156 Å². The molecule has 1 saturated heterocycles. The van der Waals surface area contributed by atoms with Crippen LogP contribution in [0, 0.1) is 23.7 Å². The highest BCUT2D eigenvalue weighted by Gasteiger charge is 2.59. The minimum Gasteiger partial charge on any atom is -0.490 e. The summed E-state index contributed by atoms with van der Waals surface area (Å²) in [6.45, 7) is 3.53. The fraction of sp³-hybridized carbons (Fsp3) is 0.400. The maximum Gasteiger partial charge on any atom is 0.308 e. The van der Waals surface area contributed by atoms with Crippen LogP contribution in [0.2, 0.25) is 0 Å². The second-order valence-electron chi connectivity index (χ2n) is 6.97. The van der Waals surface area contributed by atoms with Crippen molar-refractivity contribution >= 4 is 24.0 Å². The number of hydrogen-bond acceptors (Lipinski definition) is 6. The minimum absolute atomic E-state index is 0.157. The summed E-state index contributed by atoms with van der Waals surface area (Å²) in [5.74, 6) is -0.403. The number of imide groups is 1. The molecule has 1 aromatic carbocycles. The van der Waals surface area contributed by atoms with E-state index in [1.807, 2.05) is 19.1 Å². The number of carbonyl (C=O) groups is 3. The third-order valence-corrected chi connectivity index (χ3v) is 5.29. The average Bonchev–Trinajstić information content (AvgIpc) is 3.30. The van der Waals surface area contributed by atoms with Gasteiger partial charge in [-0.2, -0.15) is 10.1 Å². The van der Waals surface area contributed by atoms with Crippen LogP contribution in [0.5, 0.6) is 11.5 Å². The fourth-order valence-electron chi connectivity index (χ4n) is 4.24. The van der Waals surface area contributed by atoms with E-state index in [4.69, 9.17) is 9.47 Å². The number of fused-ring (bicyclic) bond motifs is 5. The Hall–Kier alpha value is -2.96. The maximum atomic E-state index is 12.6. The summed E-state index contributed by atoms with van der Waals surface area (Å²) < 4.78 is 10.6. The van der Waals surface area contributed by atoms with Crippen molar-refractivity contribution in [2.75, 3.05) is 6.61 Å². The number of allylic oxidation sites excluding steroid dienone is 2. The first-order chi connectivity index (χ1) is 13.0. The zero-order valence-electron chi connectivity index (χ0n) is 15.1. The normalized spacial score (nSPS) is 28.3. The molecule has 3 aliphatic rings. The van der Waals surface area contributed by atoms with Crippen LogP contribution in [0.4, 0.5) is 0 Å². The molecule has 27 heavy (non-hydrogen) atoms. The Morgan fingerprint density at radius 3 is 2.44 bits per heavy atom. The van der Waals surface area contributed by atoms with Crippen LogP contribution in [0.3, 0.4) is 0 Å². The number of hydrogen-bond donors (Lipinski definition) is 0. The summed E-state index contributed by atoms with van der Waals surface area (Å²) in [6.07, 6.45) is 6.44. The predicted octanol–water partition coefficient (Wildman–Crippen LogP) is 2.15. The van der Waals surface area contributed by atoms with E-state index < -0.39 is 5.97 Å². The minimum atomic E-state index is -0.444. The van der Waals surface area contributed by atoms with Crippen molar-refractivity contribution in [1.29, 1.82) is 0 Å². The summed E-state index contributed by atoms with van der Waals surface area (Å²) >= 11 is 0. The lowest BCUT2D eigenvalue weighted by molar-refractivity contribution is -0.140. The number of esters is 1. The Bertz CT molecular complexity index is 845. The molecule has 0 spiro atoms. The number of ether oxygens (including phenoxy) is 2. The number of benzene rings is 1. The van der Waals surface area contributed by atoms with Crippen molar-refractivity contribution in [3.63, 3.8) is 0 Å². The van der Waals surface area contributed by atoms with Gasteiger partial charge < -0.3 is 9.47 Å². The van der Waals surface area contributed by atoms with Gasteiger partial charge in [0.15, 0.2) is 11.5 Å². The van der Waals surface area contributed by atoms with Crippen molar-refractivity contribution in [3.8, 4) is 11.5 Å². The Balaban J connectivity index is 1.55. The van der Waals surface area contributed by atoms with Crippen LogP contribution in [0.15, 0.2) is 35.5 Å². The van der Waals surface area contributed by atoms with E-state index in [-0.39, 0.29) is 35.5 Å². The average molecular weight is 368 g/mol. The van der Waals surface area contributed by atoms with Crippen molar-refractivity contribution in [3.05, 3.63) is 35.9 Å². The molecule has 4 atom stereocenters. The predicted molar refractivity (Wildman–Crippen MR) is 96.1 cm³/mol. The van der Waals surface area contributed by atoms with Gasteiger partial charge >= 0.3 is 5.97 Å². The van der Waals surface area contributed by atoms with Gasteiger partial charge in [0, 0.05) is 6.92 Å². The smallest absolute Gasteiger partial charge is 0.308 e. The van der Waals surface area contributed by atoms with Crippen molar-refractivity contribution in [2.24, 2.45) is 28.8 Å². The SMILES string of the molecule is CCOc1cc(C=NN2C(=O)C3C4C=CC(C4)C3C2=O)ccc1OC(C)=O. The lowest BCUT2D eigenvalue weighted by atomic mass is 9.85. The van der Waals surface area contributed by atoms with E-state index in [2.05, 4.69) is 5.10 Å². The number of carbonyl (C=O) groups excluding carboxylic acids is 3. The van der Waals surface area contributed by atoms with Crippen LogP contribution in [0.1, 0.15) is 25.8 Å². The molecule has 7 nitrogen and oxygen atoms in total. The zero-order chi connectivity index (χ0) is 19.1. The van der Waals surface area contributed by atoms with Crippen molar-refractivity contribution < 1.29 is 23.9 Å². The van der Waals surface area contributed by atoms with Gasteiger partial charge in [-0.1, -0.05) is 12.2 Å². The Kier molecular flexibility index (Phi) is 4.30. The topological polar surface area (TPSA) is 85.3 Å². The van der Waals surface area contributed by atoms with Gasteiger partial charge in [0.05, 0.1) is 24.7 Å². The summed E-state index contributed by atoms with van der Waals surface area (Å²) in [6, 6.07) is 4.93. The van der Waals surface area contributed by atoms with Crippen LogP contribution >= 0.6 is 0 Å². The summed E-state index contributed by atoms with van der Waals surface area (Å²) in [5.41, 5.74) is 0.633. The summed E-state index contributed by atoms with van der Waals surface area (Å²) in [7, 11) is 0. The largest absolute Gasteiger partial charge is 0.490 e. The molecule has 0 N–H and O–H groups in total. The second-order valence-corrected chi connectivity index (χ2v) is 6.97. The van der Waals surface area contributed by atoms with Gasteiger partial charge in [-0.15, -0.1) is 0 Å². The molecule has 2 amide bonds. The molecule has 1 aromatic rings. The van der Waals surface area contributed by atoms with Crippen LogP contribution in [-0.2, 0) is 14.4 Å². The molecule has 7 heteroatoms. The molecule has 1 saturated carbocycles. The molecular formula is C20H20N2O5. The van der Waals surface area contributed by atoms with Crippen LogP contribution < -0.4 is 9.47 Å². The van der Waals surface area contributed by atoms with Gasteiger partial charge in [0.2, 0.25) is 0 Å². The Morgan fingerprint density at radius 2 is 1.85 bits per heavy atom. The van der Waals surface area contributed by atoms with Crippen molar-refractivity contribution in [1.82, 2.24) is 5.01 Å². The van der Waals surface area contributed by atoms with E-state index in [1.165, 1.54) is 13.1 Å². The lowest BCUT2D eigenvalue weighted by Gasteiger charge is -2.13. The molecule has 2 bridgehead atoms. The number of amides is 2. The third kappa shape index (κ3) is 2.93. The molecule has 140 valence electrons. The second kappa shape index (κ2) is 6.64. The number of nitrogens with zero attached hydrogens (tertiary/aromatic N) is 2. The first-order valence-electron chi connectivity index (χ1n) is 9.05. The molecule has 2 aliphatic carbocycles. The van der Waals surface area contributed by atoms with E-state index in [1.54, 1.807) is 18.2 Å². The highest BCUT2D eigenvalue weighted by atomic mass is 16.6. The quantitative estimate of drug-likeness (QED) is 0.261. The molecule has 1 heterocycles. The van der Waals surface area contributed by atoms with Gasteiger partial charge in [-0.3, -0.25) is 14.4 Å². The van der Waals surface area contributed by atoms with Gasteiger partial charge in [0.1, 0.15) is 0 Å². The maximum absolute atomic E-state index is 12.6. The molecule has 4 rings (SSSR count). The third-order valence-electron chi connectivity index (χ3n) is 5.29. The zero-order valence-corrected chi connectivity index (χ0v) is 15.1. The monoisotopic (exact) mass is 368 g/mol. The van der Waals surface area contributed by atoms with E-state index in [0.717, 1.165) is 11.4 Å². The number of hydrazone groups is 1. The summed E-state index contributed by atoms with van der Waals surface area (Å²) in [5, 5.41) is 5.15. The molecule has 0 radical (unpaired) electrons. The van der Waals surface area contributed by atoms with Gasteiger partial charge in [-0.05, 0) is 48.9 Å². The molecule has 2 fully saturated rings. The van der Waals surface area contributed by atoms with Crippen molar-refractivity contribution in [2.45, 2.75) is 20.3 Å². The molecule has 1 aliphatic heterocycles. The Morgan fingerprint density at radius 1 is 1.19 bits per heavy atom. The molecule has 0 aromatic heterocycles. The highest BCUT2D eigenvalue weighted by molar-refractivity contribution is 6.06. The van der Waals surface area contributed by atoms with Crippen LogP contribution in [-0.4, -0.2) is 35.6 Å². The molecule has 4 unspecified atom stereocenters. The van der Waals surface area contributed by atoms with E-state index in [0.29, 0.717) is 23.7 Å². The van der Waals surface area contributed by atoms with E-state index >= 15 is 0 Å². The highest BCUT2D eigenvalue weighted by Crippen LogP contribution is 2.52. The van der Waals surface area contributed by atoms with Crippen LogP contribution in [0.25, 0.3) is 0 Å². The molecular weight excluding hydrogens is 348 g/mol.